The van der Waals surface area contributed by atoms with Crippen molar-refractivity contribution in [3.63, 3.8) is 0 Å². The molecule has 3 heterocycles. The van der Waals surface area contributed by atoms with E-state index in [1.807, 2.05) is 4.90 Å². The molecule has 1 aromatic rings. The molecule has 148 valence electrons. The van der Waals surface area contributed by atoms with Crippen molar-refractivity contribution in [1.82, 2.24) is 15.2 Å². The van der Waals surface area contributed by atoms with Gasteiger partial charge in [-0.25, -0.2) is 4.98 Å². The summed E-state index contributed by atoms with van der Waals surface area (Å²) in [7, 11) is 0. The van der Waals surface area contributed by atoms with Gasteiger partial charge in [0.25, 0.3) is 0 Å². The summed E-state index contributed by atoms with van der Waals surface area (Å²) in [6.45, 7) is 2.62. The molecule has 0 atom stereocenters. The van der Waals surface area contributed by atoms with Crippen molar-refractivity contribution in [2.75, 3.05) is 37.6 Å². The second kappa shape index (κ2) is 8.14. The molecule has 0 saturated carbocycles. The van der Waals surface area contributed by atoms with Crippen LogP contribution < -0.4 is 10.2 Å². The second-order valence-corrected chi connectivity index (χ2v) is 6.97. The molecule has 9 heteroatoms. The Balaban J connectivity index is 1.45. The van der Waals surface area contributed by atoms with E-state index in [1.54, 1.807) is 4.90 Å². The van der Waals surface area contributed by atoms with Gasteiger partial charge in [-0.3, -0.25) is 9.59 Å². The van der Waals surface area contributed by atoms with Gasteiger partial charge in [0.05, 0.1) is 12.1 Å². The van der Waals surface area contributed by atoms with Gasteiger partial charge in [0.15, 0.2) is 0 Å². The van der Waals surface area contributed by atoms with Gasteiger partial charge in [-0.15, -0.1) is 0 Å². The van der Waals surface area contributed by atoms with E-state index in [4.69, 9.17) is 0 Å². The maximum atomic E-state index is 12.6. The summed E-state index contributed by atoms with van der Waals surface area (Å²) in [6, 6.07) is 2.38. The van der Waals surface area contributed by atoms with Gasteiger partial charge >= 0.3 is 6.18 Å². The third kappa shape index (κ3) is 4.90. The Morgan fingerprint density at radius 1 is 1.11 bits per heavy atom. The molecule has 27 heavy (non-hydrogen) atoms. The van der Waals surface area contributed by atoms with Gasteiger partial charge in [-0.05, 0) is 37.8 Å². The van der Waals surface area contributed by atoms with E-state index < -0.39 is 11.7 Å². The van der Waals surface area contributed by atoms with Crippen LogP contribution in [0.3, 0.4) is 0 Å². The highest BCUT2D eigenvalue weighted by atomic mass is 19.4. The summed E-state index contributed by atoms with van der Waals surface area (Å²) in [4.78, 5) is 31.8. The number of aromatic nitrogens is 1. The molecule has 2 aliphatic heterocycles. The first-order valence-corrected chi connectivity index (χ1v) is 9.18. The highest BCUT2D eigenvalue weighted by Crippen LogP contribution is 2.30. The second-order valence-electron chi connectivity index (χ2n) is 6.97. The summed E-state index contributed by atoms with van der Waals surface area (Å²) >= 11 is 0. The number of rotatable bonds is 4. The zero-order valence-electron chi connectivity index (χ0n) is 15.0. The molecule has 0 unspecified atom stereocenters. The predicted molar refractivity (Wildman–Crippen MR) is 93.0 cm³/mol. The number of pyridine rings is 1. The molecule has 0 radical (unpaired) electrons. The Morgan fingerprint density at radius 2 is 1.78 bits per heavy atom. The van der Waals surface area contributed by atoms with Crippen molar-refractivity contribution >= 4 is 17.6 Å². The lowest BCUT2D eigenvalue weighted by atomic mass is 9.96. The average Bonchev–Trinajstić information content (AvgIpc) is 3.20. The van der Waals surface area contributed by atoms with E-state index in [9.17, 15) is 22.8 Å². The summed E-state index contributed by atoms with van der Waals surface area (Å²) < 4.78 is 37.8. The Labute approximate surface area is 155 Å². The minimum absolute atomic E-state index is 0.0273. The van der Waals surface area contributed by atoms with Crippen LogP contribution in [0.25, 0.3) is 0 Å². The van der Waals surface area contributed by atoms with Gasteiger partial charge in [0.1, 0.15) is 5.82 Å². The maximum Gasteiger partial charge on any atom is 0.417 e. The number of alkyl halides is 3. The highest BCUT2D eigenvalue weighted by Gasteiger charge is 2.31. The highest BCUT2D eigenvalue weighted by molar-refractivity contribution is 5.86. The molecule has 2 saturated heterocycles. The van der Waals surface area contributed by atoms with Gasteiger partial charge in [-0.1, -0.05) is 0 Å². The van der Waals surface area contributed by atoms with Crippen molar-refractivity contribution in [1.29, 1.82) is 0 Å². The Morgan fingerprint density at radius 3 is 2.33 bits per heavy atom. The SMILES string of the molecule is O=C(NCC(=O)N1CCCC1)C1CCN(c2ccc(C(F)(F)F)cn2)CC1. The molecule has 0 spiro atoms. The van der Waals surface area contributed by atoms with Crippen molar-refractivity contribution in [3.8, 4) is 0 Å². The minimum Gasteiger partial charge on any atom is -0.357 e. The molecule has 0 aromatic carbocycles. The zero-order chi connectivity index (χ0) is 19.4. The molecule has 1 aromatic heterocycles. The number of anilines is 1. The summed E-state index contributed by atoms with van der Waals surface area (Å²) in [6.07, 6.45) is -0.396. The van der Waals surface area contributed by atoms with Gasteiger partial charge in [0.2, 0.25) is 11.8 Å². The van der Waals surface area contributed by atoms with Crippen LogP contribution in [-0.4, -0.2) is 54.4 Å². The largest absolute Gasteiger partial charge is 0.417 e. The zero-order valence-corrected chi connectivity index (χ0v) is 15.0. The molecule has 2 amide bonds. The van der Waals surface area contributed by atoms with Crippen molar-refractivity contribution in [2.45, 2.75) is 31.9 Å². The lowest BCUT2D eigenvalue weighted by molar-refractivity contribution is -0.137. The Kier molecular flexibility index (Phi) is 5.86. The topological polar surface area (TPSA) is 65.5 Å². The molecule has 0 aliphatic carbocycles. The van der Waals surface area contributed by atoms with E-state index in [0.717, 1.165) is 38.2 Å². The first-order valence-electron chi connectivity index (χ1n) is 9.18. The molecule has 0 bridgehead atoms. The van der Waals surface area contributed by atoms with E-state index in [2.05, 4.69) is 10.3 Å². The molecule has 3 rings (SSSR count). The lowest BCUT2D eigenvalue weighted by Gasteiger charge is -2.32. The molecule has 1 N–H and O–H groups in total. The summed E-state index contributed by atoms with van der Waals surface area (Å²) in [5.41, 5.74) is -0.775. The molecular weight excluding hydrogens is 361 g/mol. The summed E-state index contributed by atoms with van der Waals surface area (Å²) in [5, 5.41) is 2.72. The number of hydrogen-bond donors (Lipinski definition) is 1. The quantitative estimate of drug-likeness (QED) is 0.863. The van der Waals surface area contributed by atoms with Crippen LogP contribution in [-0.2, 0) is 15.8 Å². The average molecular weight is 384 g/mol. The van der Waals surface area contributed by atoms with E-state index in [1.165, 1.54) is 6.07 Å². The first kappa shape index (κ1) is 19.4. The number of carbonyl (C=O) groups is 2. The number of hydrogen-bond acceptors (Lipinski definition) is 4. The van der Waals surface area contributed by atoms with Crippen molar-refractivity contribution in [2.24, 2.45) is 5.92 Å². The summed E-state index contributed by atoms with van der Waals surface area (Å²) in [5.74, 6) is 0.1000. The number of amides is 2. The Bertz CT molecular complexity index is 664. The van der Waals surface area contributed by atoms with Crippen molar-refractivity contribution < 1.29 is 22.8 Å². The molecule has 6 nitrogen and oxygen atoms in total. The fourth-order valence-electron chi connectivity index (χ4n) is 3.50. The third-order valence-corrected chi connectivity index (χ3v) is 5.14. The predicted octanol–water partition coefficient (Wildman–Crippen LogP) is 2.06. The minimum atomic E-state index is -4.40. The van der Waals surface area contributed by atoms with Crippen LogP contribution >= 0.6 is 0 Å². The number of nitrogens with zero attached hydrogens (tertiary/aromatic N) is 3. The van der Waals surface area contributed by atoms with Crippen molar-refractivity contribution in [3.05, 3.63) is 23.9 Å². The van der Waals surface area contributed by atoms with Crippen LogP contribution in [0, 0.1) is 5.92 Å². The van der Waals surface area contributed by atoms with Crippen LogP contribution in [0.15, 0.2) is 18.3 Å². The van der Waals surface area contributed by atoms with E-state index >= 15 is 0 Å². The maximum absolute atomic E-state index is 12.6. The molecular formula is C18H23F3N4O2. The first-order chi connectivity index (χ1) is 12.8. The molecule has 2 aliphatic rings. The fraction of sp³-hybridized carbons (Fsp3) is 0.611. The number of nitrogens with one attached hydrogen (secondary N) is 1. The van der Waals surface area contributed by atoms with E-state index in [-0.39, 0.29) is 24.3 Å². The standard InChI is InChI=1S/C18H23F3N4O2/c19-18(20,21)14-3-4-15(22-11-14)24-9-5-13(6-10-24)17(27)23-12-16(26)25-7-1-2-8-25/h3-4,11,13H,1-2,5-10,12H2,(H,23,27). The van der Waals surface area contributed by atoms with Gasteiger partial charge < -0.3 is 15.1 Å². The van der Waals surface area contributed by atoms with Crippen LogP contribution in [0.1, 0.15) is 31.2 Å². The van der Waals surface area contributed by atoms with Crippen LogP contribution in [0.2, 0.25) is 0 Å². The van der Waals surface area contributed by atoms with Gasteiger partial charge in [0, 0.05) is 38.3 Å². The monoisotopic (exact) mass is 384 g/mol. The van der Waals surface area contributed by atoms with Gasteiger partial charge in [-0.2, -0.15) is 13.2 Å². The number of likely N-dealkylation sites (tertiary alicyclic amines) is 1. The fourth-order valence-corrected chi connectivity index (χ4v) is 3.50. The van der Waals surface area contributed by atoms with Crippen LogP contribution in [0.5, 0.6) is 0 Å². The number of piperidine rings is 1. The number of halogens is 3. The normalized spacial score (nSPS) is 18.6. The molecule has 2 fully saturated rings. The lowest BCUT2D eigenvalue weighted by Crippen LogP contribution is -2.44. The number of carbonyl (C=O) groups excluding carboxylic acids is 2. The smallest absolute Gasteiger partial charge is 0.357 e. The Hall–Kier alpha value is -2.32. The third-order valence-electron chi connectivity index (χ3n) is 5.14. The van der Waals surface area contributed by atoms with E-state index in [0.29, 0.717) is 31.7 Å². The van der Waals surface area contributed by atoms with Crippen LogP contribution in [0.4, 0.5) is 19.0 Å².